The molecule has 0 radical (unpaired) electrons. The molecular formula is C21H30N2O. The zero-order valence-electron chi connectivity index (χ0n) is 15.3. The van der Waals surface area contributed by atoms with E-state index < -0.39 is 0 Å². The van der Waals surface area contributed by atoms with Crippen LogP contribution in [0, 0.1) is 11.8 Å². The highest BCUT2D eigenvalue weighted by Gasteiger charge is 2.61. The molecule has 1 aromatic rings. The maximum Gasteiger partial charge on any atom is 0.226 e. The van der Waals surface area contributed by atoms with E-state index >= 15 is 0 Å². The van der Waals surface area contributed by atoms with E-state index in [4.69, 9.17) is 0 Å². The van der Waals surface area contributed by atoms with Crippen LogP contribution in [0.15, 0.2) is 24.3 Å². The molecule has 24 heavy (non-hydrogen) atoms. The van der Waals surface area contributed by atoms with Gasteiger partial charge in [0.15, 0.2) is 0 Å². The zero-order chi connectivity index (χ0) is 16.9. The third-order valence-corrected chi connectivity index (χ3v) is 6.90. The minimum Gasteiger partial charge on any atom is -0.342 e. The summed E-state index contributed by atoms with van der Waals surface area (Å²) < 4.78 is 0. The Morgan fingerprint density at radius 2 is 2.12 bits per heavy atom. The molecule has 0 aromatic heterocycles. The molecule has 1 aromatic carbocycles. The van der Waals surface area contributed by atoms with Gasteiger partial charge in [-0.25, -0.2) is 0 Å². The van der Waals surface area contributed by atoms with Gasteiger partial charge in [0.05, 0.1) is 0 Å². The number of nitrogens with zero attached hydrogens (tertiary/aromatic N) is 2. The van der Waals surface area contributed by atoms with Crippen molar-refractivity contribution in [3.8, 4) is 0 Å². The van der Waals surface area contributed by atoms with E-state index in [0.29, 0.717) is 17.9 Å². The summed E-state index contributed by atoms with van der Waals surface area (Å²) in [7, 11) is 4.24. The summed E-state index contributed by atoms with van der Waals surface area (Å²) >= 11 is 0. The van der Waals surface area contributed by atoms with Crippen molar-refractivity contribution in [2.45, 2.75) is 50.5 Å². The third-order valence-electron chi connectivity index (χ3n) is 6.90. The fourth-order valence-corrected chi connectivity index (χ4v) is 5.48. The number of benzene rings is 1. The molecule has 4 atom stereocenters. The van der Waals surface area contributed by atoms with Crippen LogP contribution in [-0.4, -0.2) is 48.9 Å². The molecule has 1 spiro atoms. The molecule has 1 aliphatic heterocycles. The van der Waals surface area contributed by atoms with Gasteiger partial charge in [-0.05, 0) is 62.7 Å². The van der Waals surface area contributed by atoms with Crippen molar-refractivity contribution >= 4 is 5.91 Å². The number of likely N-dealkylation sites (tertiary alicyclic amines) is 1. The number of piperidine rings is 1. The highest BCUT2D eigenvalue weighted by molar-refractivity contribution is 5.85. The lowest BCUT2D eigenvalue weighted by molar-refractivity contribution is -0.135. The van der Waals surface area contributed by atoms with Crippen LogP contribution >= 0.6 is 0 Å². The lowest BCUT2D eigenvalue weighted by atomic mass is 9.78. The summed E-state index contributed by atoms with van der Waals surface area (Å²) in [5.74, 6) is 1.18. The molecule has 3 nitrogen and oxygen atoms in total. The Balaban J connectivity index is 1.51. The van der Waals surface area contributed by atoms with Crippen molar-refractivity contribution in [2.75, 3.05) is 27.2 Å². The lowest BCUT2D eigenvalue weighted by Crippen LogP contribution is -2.50. The molecular weight excluding hydrogens is 296 g/mol. The van der Waals surface area contributed by atoms with Crippen molar-refractivity contribution in [3.05, 3.63) is 35.4 Å². The first-order chi connectivity index (χ1) is 11.5. The van der Waals surface area contributed by atoms with E-state index in [-0.39, 0.29) is 11.3 Å². The number of aryl methyl sites for hydroxylation is 1. The molecule has 1 amide bonds. The molecule has 0 bridgehead atoms. The largest absolute Gasteiger partial charge is 0.342 e. The summed E-state index contributed by atoms with van der Waals surface area (Å²) in [5.41, 5.74) is 3.11. The fourth-order valence-electron chi connectivity index (χ4n) is 5.48. The van der Waals surface area contributed by atoms with Gasteiger partial charge >= 0.3 is 0 Å². The van der Waals surface area contributed by atoms with Crippen molar-refractivity contribution < 1.29 is 4.79 Å². The van der Waals surface area contributed by atoms with Gasteiger partial charge in [-0.3, -0.25) is 4.79 Å². The van der Waals surface area contributed by atoms with Crippen molar-refractivity contribution in [3.63, 3.8) is 0 Å². The molecule has 1 saturated carbocycles. The predicted octanol–water partition coefficient (Wildman–Crippen LogP) is 3.08. The number of hydrogen-bond acceptors (Lipinski definition) is 2. The first-order valence-electron chi connectivity index (χ1n) is 9.56. The molecule has 0 unspecified atom stereocenters. The molecule has 3 heteroatoms. The maximum atomic E-state index is 13.2. The van der Waals surface area contributed by atoms with E-state index in [2.05, 4.69) is 55.1 Å². The molecule has 130 valence electrons. The zero-order valence-corrected chi connectivity index (χ0v) is 15.3. The van der Waals surface area contributed by atoms with E-state index in [0.717, 1.165) is 25.9 Å². The van der Waals surface area contributed by atoms with E-state index in [9.17, 15) is 4.79 Å². The Morgan fingerprint density at radius 3 is 2.92 bits per heavy atom. The van der Waals surface area contributed by atoms with Crippen LogP contribution in [0.3, 0.4) is 0 Å². The van der Waals surface area contributed by atoms with Crippen LogP contribution in [0.2, 0.25) is 0 Å². The monoisotopic (exact) mass is 326 g/mol. The molecule has 1 heterocycles. The Labute approximate surface area is 146 Å². The number of carbonyl (C=O) groups is 1. The minimum atomic E-state index is 0.162. The van der Waals surface area contributed by atoms with Gasteiger partial charge in [-0.15, -0.1) is 0 Å². The van der Waals surface area contributed by atoms with E-state index in [1.54, 1.807) is 0 Å². The fraction of sp³-hybridized carbons (Fsp3) is 0.667. The van der Waals surface area contributed by atoms with Gasteiger partial charge in [0.25, 0.3) is 0 Å². The van der Waals surface area contributed by atoms with Crippen LogP contribution in [0.1, 0.15) is 43.7 Å². The second kappa shape index (κ2) is 5.87. The Hall–Kier alpha value is -1.35. The first-order valence-corrected chi connectivity index (χ1v) is 9.56. The molecule has 4 rings (SSSR count). The smallest absolute Gasteiger partial charge is 0.226 e. The molecule has 0 N–H and O–H groups in total. The highest BCUT2D eigenvalue weighted by Crippen LogP contribution is 2.60. The number of fused-ring (bicyclic) bond motifs is 2. The first kappa shape index (κ1) is 16.1. The molecule has 1 saturated heterocycles. The van der Waals surface area contributed by atoms with Crippen LogP contribution in [0.25, 0.3) is 0 Å². The van der Waals surface area contributed by atoms with Gasteiger partial charge in [-0.2, -0.15) is 0 Å². The second-order valence-corrected chi connectivity index (χ2v) is 8.47. The van der Waals surface area contributed by atoms with E-state index in [1.807, 2.05) is 0 Å². The summed E-state index contributed by atoms with van der Waals surface area (Å²) in [6.45, 7) is 4.49. The SMILES string of the molecule is C[C@@H]1CN(C)CC[C@@H]1N(C)C(=O)[C@H]1C[C@]12CCCc1ccccc12. The summed E-state index contributed by atoms with van der Waals surface area (Å²) in [4.78, 5) is 17.7. The van der Waals surface area contributed by atoms with Crippen molar-refractivity contribution in [1.29, 1.82) is 0 Å². The number of rotatable bonds is 2. The normalized spacial score (nSPS) is 35.5. The Kier molecular flexibility index (Phi) is 3.95. The quantitative estimate of drug-likeness (QED) is 0.834. The van der Waals surface area contributed by atoms with Crippen molar-refractivity contribution in [1.82, 2.24) is 9.80 Å². The highest BCUT2D eigenvalue weighted by atomic mass is 16.2. The lowest BCUT2D eigenvalue weighted by Gasteiger charge is -2.40. The Bertz CT molecular complexity index is 642. The summed E-state index contributed by atoms with van der Waals surface area (Å²) in [6, 6.07) is 9.24. The van der Waals surface area contributed by atoms with Crippen LogP contribution < -0.4 is 0 Å². The van der Waals surface area contributed by atoms with Gasteiger partial charge < -0.3 is 9.80 Å². The Morgan fingerprint density at radius 1 is 1.33 bits per heavy atom. The third kappa shape index (κ3) is 2.48. The predicted molar refractivity (Wildman–Crippen MR) is 97.0 cm³/mol. The number of amides is 1. The summed E-state index contributed by atoms with van der Waals surface area (Å²) in [6.07, 6.45) is 5.78. The van der Waals surface area contributed by atoms with Crippen LogP contribution in [0.5, 0.6) is 0 Å². The average molecular weight is 326 g/mol. The second-order valence-electron chi connectivity index (χ2n) is 8.47. The van der Waals surface area contributed by atoms with Gasteiger partial charge in [0, 0.05) is 31.0 Å². The van der Waals surface area contributed by atoms with Crippen molar-refractivity contribution in [2.24, 2.45) is 11.8 Å². The van der Waals surface area contributed by atoms with Crippen LogP contribution in [0.4, 0.5) is 0 Å². The number of carbonyl (C=O) groups excluding carboxylic acids is 1. The molecule has 2 fully saturated rings. The minimum absolute atomic E-state index is 0.162. The average Bonchev–Trinajstić information content (AvgIpc) is 3.29. The van der Waals surface area contributed by atoms with Crippen LogP contribution in [-0.2, 0) is 16.6 Å². The van der Waals surface area contributed by atoms with Gasteiger partial charge in [0.2, 0.25) is 5.91 Å². The summed E-state index contributed by atoms with van der Waals surface area (Å²) in [5, 5.41) is 0. The van der Waals surface area contributed by atoms with Gasteiger partial charge in [0.1, 0.15) is 0 Å². The maximum absolute atomic E-state index is 13.2. The topological polar surface area (TPSA) is 23.6 Å². The van der Waals surface area contributed by atoms with E-state index in [1.165, 1.54) is 30.4 Å². The number of hydrogen-bond donors (Lipinski definition) is 0. The molecule has 2 aliphatic carbocycles. The standard InChI is InChI=1S/C21H30N2O/c1-15-14-22(2)12-10-19(15)23(3)20(24)18-13-21(18)11-6-8-16-7-4-5-9-17(16)21/h4-5,7,9,15,18-19H,6,8,10-14H2,1-3H3/t15-,18-,19+,21+/m1/s1. The van der Waals surface area contributed by atoms with Gasteiger partial charge in [-0.1, -0.05) is 31.2 Å². The molecule has 3 aliphatic rings.